The number of nitrogens with one attached hydrogen (secondary N) is 1. The summed E-state index contributed by atoms with van der Waals surface area (Å²) in [5.74, 6) is -0.182. The summed E-state index contributed by atoms with van der Waals surface area (Å²) in [6, 6.07) is 12.8. The molecule has 28 heavy (non-hydrogen) atoms. The number of carbonyl (C=O) groups excluding carboxylic acids is 1. The number of sulfonamides is 1. The van der Waals surface area contributed by atoms with Crippen molar-refractivity contribution in [2.45, 2.75) is 49.6 Å². The molecule has 0 heterocycles. The Morgan fingerprint density at radius 3 is 2.25 bits per heavy atom. The minimum Gasteiger partial charge on any atom is -0.391 e. The van der Waals surface area contributed by atoms with Gasteiger partial charge in [0.15, 0.2) is 0 Å². The van der Waals surface area contributed by atoms with Crippen LogP contribution < -0.4 is 4.72 Å². The van der Waals surface area contributed by atoms with Crippen LogP contribution in [0.1, 0.15) is 41.6 Å². The highest BCUT2D eigenvalue weighted by Gasteiger charge is 2.29. The van der Waals surface area contributed by atoms with Crippen LogP contribution in [0, 0.1) is 6.92 Å². The molecule has 7 heteroatoms. The quantitative estimate of drug-likeness (QED) is 0.804. The van der Waals surface area contributed by atoms with Crippen molar-refractivity contribution in [2.75, 3.05) is 11.8 Å². The molecule has 0 unspecified atom stereocenters. The lowest BCUT2D eigenvalue weighted by atomic mass is 9.91. The molecule has 2 N–H and O–H groups in total. The van der Waals surface area contributed by atoms with E-state index < -0.39 is 16.1 Å². The molecule has 0 aromatic heterocycles. The van der Waals surface area contributed by atoms with Crippen LogP contribution >= 0.6 is 0 Å². The molecule has 6 nitrogen and oxygen atoms in total. The van der Waals surface area contributed by atoms with E-state index in [9.17, 15) is 18.3 Å². The van der Waals surface area contributed by atoms with E-state index >= 15 is 0 Å². The molecule has 1 fully saturated rings. The zero-order valence-electron chi connectivity index (χ0n) is 16.1. The fourth-order valence-corrected chi connectivity index (χ4v) is 4.57. The van der Waals surface area contributed by atoms with Gasteiger partial charge in [0.05, 0.1) is 17.0 Å². The highest BCUT2D eigenvalue weighted by molar-refractivity contribution is 7.92. The normalized spacial score (nSPS) is 19.8. The number of carbonyl (C=O) groups is 1. The lowest BCUT2D eigenvalue weighted by Crippen LogP contribution is -2.46. The number of benzene rings is 2. The zero-order valence-corrected chi connectivity index (χ0v) is 16.9. The van der Waals surface area contributed by atoms with Gasteiger partial charge >= 0.3 is 0 Å². The van der Waals surface area contributed by atoms with Crippen LogP contribution in [-0.2, 0) is 10.0 Å². The number of rotatable bonds is 5. The van der Waals surface area contributed by atoms with Crippen LogP contribution in [0.4, 0.5) is 5.69 Å². The maximum Gasteiger partial charge on any atom is 0.261 e. The van der Waals surface area contributed by atoms with Gasteiger partial charge in [-0.15, -0.1) is 0 Å². The second-order valence-electron chi connectivity index (χ2n) is 7.33. The summed E-state index contributed by atoms with van der Waals surface area (Å²) in [6.07, 6.45) is 2.98. The molecule has 150 valence electrons. The van der Waals surface area contributed by atoms with Crippen LogP contribution in [0.5, 0.6) is 0 Å². The van der Waals surface area contributed by atoms with Crippen LogP contribution in [0.2, 0.25) is 0 Å². The first-order chi connectivity index (χ1) is 13.3. The Kier molecular flexibility index (Phi) is 6.05. The molecule has 2 atom stereocenters. The number of hydrogen-bond donors (Lipinski definition) is 2. The van der Waals surface area contributed by atoms with Gasteiger partial charge in [0.1, 0.15) is 0 Å². The molecule has 1 saturated carbocycles. The first-order valence-corrected chi connectivity index (χ1v) is 10.9. The van der Waals surface area contributed by atoms with E-state index in [0.717, 1.165) is 24.8 Å². The smallest absolute Gasteiger partial charge is 0.261 e. The lowest BCUT2D eigenvalue weighted by molar-refractivity contribution is 0.0268. The Morgan fingerprint density at radius 1 is 1.04 bits per heavy atom. The first kappa shape index (κ1) is 20.4. The fraction of sp³-hybridized carbons (Fsp3) is 0.381. The predicted octanol–water partition coefficient (Wildman–Crippen LogP) is 3.17. The highest BCUT2D eigenvalue weighted by Crippen LogP contribution is 2.24. The number of aryl methyl sites for hydroxylation is 1. The van der Waals surface area contributed by atoms with Crippen LogP contribution in [0.15, 0.2) is 53.4 Å². The van der Waals surface area contributed by atoms with Crippen molar-refractivity contribution in [1.29, 1.82) is 0 Å². The van der Waals surface area contributed by atoms with Gasteiger partial charge in [0, 0.05) is 18.3 Å². The van der Waals surface area contributed by atoms with Crippen molar-refractivity contribution in [1.82, 2.24) is 4.90 Å². The molecule has 0 radical (unpaired) electrons. The molecule has 2 aromatic carbocycles. The number of nitrogens with zero attached hydrogens (tertiary/aromatic N) is 1. The fourth-order valence-electron chi connectivity index (χ4n) is 3.51. The Morgan fingerprint density at radius 2 is 1.64 bits per heavy atom. The van der Waals surface area contributed by atoms with E-state index in [1.807, 2.05) is 6.92 Å². The summed E-state index contributed by atoms with van der Waals surface area (Å²) in [7, 11) is -1.98. The number of aliphatic hydroxyl groups is 1. The third-order valence-electron chi connectivity index (χ3n) is 5.23. The summed E-state index contributed by atoms with van der Waals surface area (Å²) in [5.41, 5.74) is 1.82. The van der Waals surface area contributed by atoms with E-state index in [0.29, 0.717) is 17.7 Å². The van der Waals surface area contributed by atoms with Gasteiger partial charge in [0.25, 0.3) is 15.9 Å². The summed E-state index contributed by atoms with van der Waals surface area (Å²) < 4.78 is 27.5. The van der Waals surface area contributed by atoms with Gasteiger partial charge in [-0.1, -0.05) is 30.5 Å². The second-order valence-corrected chi connectivity index (χ2v) is 9.01. The Labute approximate surface area is 166 Å². The largest absolute Gasteiger partial charge is 0.391 e. The predicted molar refractivity (Wildman–Crippen MR) is 109 cm³/mol. The van der Waals surface area contributed by atoms with E-state index in [1.54, 1.807) is 60.5 Å². The van der Waals surface area contributed by atoms with Crippen molar-refractivity contribution in [3.05, 3.63) is 59.7 Å². The van der Waals surface area contributed by atoms with Crippen LogP contribution in [0.3, 0.4) is 0 Å². The van der Waals surface area contributed by atoms with E-state index in [2.05, 4.69) is 4.72 Å². The number of likely N-dealkylation sites (N-methyl/N-ethyl adjacent to an activating group) is 1. The van der Waals surface area contributed by atoms with Crippen molar-refractivity contribution < 1.29 is 18.3 Å². The molecule has 0 saturated heterocycles. The molecule has 1 aliphatic rings. The number of hydrogen-bond acceptors (Lipinski definition) is 4. The van der Waals surface area contributed by atoms with Crippen molar-refractivity contribution >= 4 is 21.6 Å². The van der Waals surface area contributed by atoms with Crippen molar-refractivity contribution in [2.24, 2.45) is 0 Å². The monoisotopic (exact) mass is 402 g/mol. The average Bonchev–Trinajstić information content (AvgIpc) is 2.68. The van der Waals surface area contributed by atoms with E-state index in [-0.39, 0.29) is 16.8 Å². The molecule has 2 aromatic rings. The van der Waals surface area contributed by atoms with Gasteiger partial charge in [-0.2, -0.15) is 0 Å². The molecule has 3 rings (SSSR count). The van der Waals surface area contributed by atoms with Gasteiger partial charge in [0.2, 0.25) is 0 Å². The number of aliphatic hydroxyl groups excluding tert-OH is 1. The summed E-state index contributed by atoms with van der Waals surface area (Å²) in [4.78, 5) is 14.5. The first-order valence-electron chi connectivity index (χ1n) is 9.43. The highest BCUT2D eigenvalue weighted by atomic mass is 32.2. The molecule has 0 spiro atoms. The average molecular weight is 403 g/mol. The minimum absolute atomic E-state index is 0.180. The molecule has 0 aliphatic heterocycles. The summed E-state index contributed by atoms with van der Waals surface area (Å²) in [6.45, 7) is 1.89. The molecule has 1 aliphatic carbocycles. The third-order valence-corrected chi connectivity index (χ3v) is 6.62. The lowest BCUT2D eigenvalue weighted by Gasteiger charge is -2.35. The topological polar surface area (TPSA) is 86.7 Å². The Hall–Kier alpha value is -2.38. The standard InChI is InChI=1S/C21H26N2O4S/c1-15-7-13-18(14-8-15)28(26,27)22-17-11-9-16(10-12-17)21(25)23(2)19-5-3-4-6-20(19)24/h7-14,19-20,22,24H,3-6H2,1-2H3/t19-,20+/m0/s1. The SMILES string of the molecule is Cc1ccc(S(=O)(=O)Nc2ccc(C(=O)N(C)[C@H]3CCCC[C@H]3O)cc2)cc1. The van der Waals surface area contributed by atoms with Crippen molar-refractivity contribution in [3.8, 4) is 0 Å². The van der Waals surface area contributed by atoms with E-state index in [4.69, 9.17) is 0 Å². The van der Waals surface area contributed by atoms with Crippen LogP contribution in [0.25, 0.3) is 0 Å². The second kappa shape index (κ2) is 8.32. The Bertz CT molecular complexity index is 924. The van der Waals surface area contributed by atoms with Crippen molar-refractivity contribution in [3.63, 3.8) is 0 Å². The third kappa shape index (κ3) is 4.54. The maximum absolute atomic E-state index is 12.7. The van der Waals surface area contributed by atoms with Gasteiger partial charge in [-0.3, -0.25) is 9.52 Å². The number of anilines is 1. The number of amides is 1. The van der Waals surface area contributed by atoms with E-state index in [1.165, 1.54) is 0 Å². The molecule has 0 bridgehead atoms. The molecular weight excluding hydrogens is 376 g/mol. The minimum atomic E-state index is -3.68. The summed E-state index contributed by atoms with van der Waals surface area (Å²) >= 11 is 0. The molecule has 1 amide bonds. The zero-order chi connectivity index (χ0) is 20.3. The Balaban J connectivity index is 1.70. The van der Waals surface area contributed by atoms with Crippen LogP contribution in [-0.4, -0.2) is 43.5 Å². The van der Waals surface area contributed by atoms with Gasteiger partial charge in [-0.05, 0) is 56.2 Å². The molecular formula is C21H26N2O4S. The summed E-state index contributed by atoms with van der Waals surface area (Å²) in [5, 5.41) is 10.2. The maximum atomic E-state index is 12.7. The van der Waals surface area contributed by atoms with Gasteiger partial charge < -0.3 is 10.0 Å². The van der Waals surface area contributed by atoms with Gasteiger partial charge in [-0.25, -0.2) is 8.42 Å².